The molecule has 0 atom stereocenters. The van der Waals surface area contributed by atoms with E-state index in [2.05, 4.69) is 33.1 Å². The van der Waals surface area contributed by atoms with E-state index >= 15 is 0 Å². The van der Waals surface area contributed by atoms with Crippen molar-refractivity contribution in [2.24, 2.45) is 7.05 Å². The van der Waals surface area contributed by atoms with Gasteiger partial charge in [0.05, 0.1) is 28.6 Å². The molecule has 6 nitrogen and oxygen atoms in total. The summed E-state index contributed by atoms with van der Waals surface area (Å²) in [5.41, 5.74) is 6.64. The summed E-state index contributed by atoms with van der Waals surface area (Å²) in [4.78, 5) is 22.7. The van der Waals surface area contributed by atoms with E-state index in [1.54, 1.807) is 0 Å². The van der Waals surface area contributed by atoms with Crippen LogP contribution in [0.4, 0.5) is 0 Å². The summed E-state index contributed by atoms with van der Waals surface area (Å²) < 4.78 is 4.22. The number of amides is 1. The summed E-state index contributed by atoms with van der Waals surface area (Å²) in [6.45, 7) is 1.04. The van der Waals surface area contributed by atoms with E-state index in [1.165, 1.54) is 5.56 Å². The molecule has 0 aliphatic carbocycles. The molecule has 1 amide bonds. The topological polar surface area (TPSA) is 64.7 Å². The van der Waals surface area contributed by atoms with Crippen LogP contribution in [0.1, 0.15) is 21.7 Å². The predicted octanol–water partition coefficient (Wildman–Crippen LogP) is 5.57. The molecule has 2 aromatic heterocycles. The number of aromatic nitrogens is 4. The van der Waals surface area contributed by atoms with Gasteiger partial charge in [-0.25, -0.2) is 9.97 Å². The van der Waals surface area contributed by atoms with Crippen LogP contribution < -0.4 is 5.32 Å². The van der Waals surface area contributed by atoms with Crippen molar-refractivity contribution in [2.75, 3.05) is 0 Å². The summed E-state index contributed by atoms with van der Waals surface area (Å²) >= 11 is 0. The van der Waals surface area contributed by atoms with Crippen molar-refractivity contribution in [1.29, 1.82) is 0 Å². The predicted molar refractivity (Wildman–Crippen MR) is 143 cm³/mol. The molecule has 2 heterocycles. The molecule has 0 fully saturated rings. The van der Waals surface area contributed by atoms with Gasteiger partial charge in [-0.2, -0.15) is 0 Å². The van der Waals surface area contributed by atoms with Crippen LogP contribution in [0.3, 0.4) is 0 Å². The number of para-hydroxylation sites is 4. The number of nitrogens with zero attached hydrogens (tertiary/aromatic N) is 4. The molecule has 0 saturated heterocycles. The highest BCUT2D eigenvalue weighted by Crippen LogP contribution is 2.27. The average Bonchev–Trinajstić information content (AvgIpc) is 3.45. The average molecular weight is 472 g/mol. The monoisotopic (exact) mass is 471 g/mol. The van der Waals surface area contributed by atoms with Gasteiger partial charge in [0.25, 0.3) is 5.91 Å². The van der Waals surface area contributed by atoms with Crippen LogP contribution >= 0.6 is 0 Å². The van der Waals surface area contributed by atoms with Crippen molar-refractivity contribution in [2.45, 2.75) is 13.1 Å². The molecule has 0 aliphatic rings. The molecule has 176 valence electrons. The zero-order valence-corrected chi connectivity index (χ0v) is 19.9. The minimum Gasteiger partial charge on any atom is -0.345 e. The van der Waals surface area contributed by atoms with Crippen LogP contribution in [0.5, 0.6) is 0 Å². The molecule has 0 spiro atoms. The van der Waals surface area contributed by atoms with Crippen LogP contribution in [0.2, 0.25) is 0 Å². The zero-order valence-electron chi connectivity index (χ0n) is 19.9. The second-order valence-electron chi connectivity index (χ2n) is 8.84. The van der Waals surface area contributed by atoms with E-state index in [0.717, 1.165) is 39.3 Å². The fraction of sp³-hybridized carbons (Fsp3) is 0.100. The van der Waals surface area contributed by atoms with Crippen molar-refractivity contribution in [3.63, 3.8) is 0 Å². The minimum absolute atomic E-state index is 0.144. The quantitative estimate of drug-likeness (QED) is 0.345. The van der Waals surface area contributed by atoms with Crippen molar-refractivity contribution in [3.05, 3.63) is 120 Å². The molecule has 6 heteroatoms. The molecular weight excluding hydrogens is 446 g/mol. The standard InChI is InChI=1S/C30H25N5O/c1-34-26-16-7-5-14-24(26)32-28(34)19-31-30(36)23-13-9-12-22(18-23)29-33-25-15-6-8-17-27(25)35(29)20-21-10-3-2-4-11-21/h2-18H,19-20H2,1H3,(H,31,36). The van der Waals surface area contributed by atoms with Crippen LogP contribution in [-0.4, -0.2) is 25.0 Å². The molecule has 1 N–H and O–H groups in total. The number of imidazole rings is 2. The van der Waals surface area contributed by atoms with Gasteiger partial charge in [-0.3, -0.25) is 4.79 Å². The van der Waals surface area contributed by atoms with Gasteiger partial charge in [0, 0.05) is 24.7 Å². The first-order chi connectivity index (χ1) is 17.7. The van der Waals surface area contributed by atoms with Crippen molar-refractivity contribution < 1.29 is 4.79 Å². The normalized spacial score (nSPS) is 11.2. The number of aryl methyl sites for hydroxylation is 1. The Kier molecular flexibility index (Phi) is 5.54. The molecule has 36 heavy (non-hydrogen) atoms. The summed E-state index contributed by atoms with van der Waals surface area (Å²) in [5, 5.41) is 3.03. The second-order valence-corrected chi connectivity index (χ2v) is 8.84. The highest BCUT2D eigenvalue weighted by Gasteiger charge is 2.15. The molecule has 0 saturated carbocycles. The molecule has 0 aliphatic heterocycles. The van der Waals surface area contributed by atoms with E-state index in [1.807, 2.05) is 96.5 Å². The van der Waals surface area contributed by atoms with Gasteiger partial charge in [-0.15, -0.1) is 0 Å². The van der Waals surface area contributed by atoms with Gasteiger partial charge in [0.2, 0.25) is 0 Å². The van der Waals surface area contributed by atoms with Crippen molar-refractivity contribution >= 4 is 28.0 Å². The SMILES string of the molecule is Cn1c(CNC(=O)c2cccc(-c3nc4ccccc4n3Cc3ccccc3)c2)nc2ccccc21. The third-order valence-corrected chi connectivity index (χ3v) is 6.51. The fourth-order valence-corrected chi connectivity index (χ4v) is 4.64. The Morgan fingerprint density at radius 2 is 1.47 bits per heavy atom. The molecular formula is C30H25N5O. The maximum Gasteiger partial charge on any atom is 0.251 e. The minimum atomic E-state index is -0.144. The van der Waals surface area contributed by atoms with Gasteiger partial charge in [0.15, 0.2) is 0 Å². The van der Waals surface area contributed by atoms with Crippen LogP contribution in [0, 0.1) is 0 Å². The Labute approximate surface area is 208 Å². The third kappa shape index (κ3) is 4.03. The lowest BCUT2D eigenvalue weighted by Gasteiger charge is -2.11. The molecule has 0 radical (unpaired) electrons. The molecule has 0 unspecified atom stereocenters. The number of hydrogen-bond acceptors (Lipinski definition) is 3. The maximum absolute atomic E-state index is 13.1. The summed E-state index contributed by atoms with van der Waals surface area (Å²) in [6, 6.07) is 34.1. The second kappa shape index (κ2) is 9.15. The van der Waals surface area contributed by atoms with Gasteiger partial charge in [-0.05, 0) is 42.0 Å². The lowest BCUT2D eigenvalue weighted by molar-refractivity contribution is 0.0949. The fourth-order valence-electron chi connectivity index (χ4n) is 4.64. The van der Waals surface area contributed by atoms with Crippen LogP contribution in [0.25, 0.3) is 33.5 Å². The summed E-state index contributed by atoms with van der Waals surface area (Å²) in [5.74, 6) is 1.50. The summed E-state index contributed by atoms with van der Waals surface area (Å²) in [7, 11) is 1.97. The van der Waals surface area contributed by atoms with Crippen molar-refractivity contribution in [1.82, 2.24) is 24.4 Å². The third-order valence-electron chi connectivity index (χ3n) is 6.51. The smallest absolute Gasteiger partial charge is 0.251 e. The molecule has 6 aromatic rings. The highest BCUT2D eigenvalue weighted by atomic mass is 16.1. The first-order valence-corrected chi connectivity index (χ1v) is 12.0. The first-order valence-electron chi connectivity index (χ1n) is 12.0. The van der Waals surface area contributed by atoms with Gasteiger partial charge in [0.1, 0.15) is 11.6 Å². The number of nitrogens with one attached hydrogen (secondary N) is 1. The maximum atomic E-state index is 13.1. The van der Waals surface area contributed by atoms with E-state index in [4.69, 9.17) is 4.98 Å². The van der Waals surface area contributed by atoms with Gasteiger partial charge >= 0.3 is 0 Å². The number of hydrogen-bond donors (Lipinski definition) is 1. The molecule has 6 rings (SSSR count). The number of carbonyl (C=O) groups excluding carboxylic acids is 1. The zero-order chi connectivity index (χ0) is 24.5. The first kappa shape index (κ1) is 21.8. The number of fused-ring (bicyclic) bond motifs is 2. The van der Waals surface area contributed by atoms with Gasteiger partial charge < -0.3 is 14.5 Å². The number of benzene rings is 4. The van der Waals surface area contributed by atoms with E-state index < -0.39 is 0 Å². The summed E-state index contributed by atoms with van der Waals surface area (Å²) in [6.07, 6.45) is 0. The van der Waals surface area contributed by atoms with E-state index in [0.29, 0.717) is 18.7 Å². The highest BCUT2D eigenvalue weighted by molar-refractivity contribution is 5.95. The van der Waals surface area contributed by atoms with E-state index in [-0.39, 0.29) is 5.91 Å². The van der Waals surface area contributed by atoms with Crippen molar-refractivity contribution in [3.8, 4) is 11.4 Å². The number of carbonyl (C=O) groups is 1. The lowest BCUT2D eigenvalue weighted by Crippen LogP contribution is -2.24. The number of rotatable bonds is 6. The Hall–Kier alpha value is -4.71. The Balaban J connectivity index is 1.30. The Morgan fingerprint density at radius 1 is 0.778 bits per heavy atom. The molecule has 0 bridgehead atoms. The van der Waals surface area contributed by atoms with E-state index in [9.17, 15) is 4.79 Å². The Bertz CT molecular complexity index is 1700. The molecule has 4 aromatic carbocycles. The van der Waals surface area contributed by atoms with Gasteiger partial charge in [-0.1, -0.05) is 66.7 Å². The van der Waals surface area contributed by atoms with Crippen LogP contribution in [-0.2, 0) is 20.1 Å². The largest absolute Gasteiger partial charge is 0.345 e. The lowest BCUT2D eigenvalue weighted by atomic mass is 10.1. The van der Waals surface area contributed by atoms with Crippen LogP contribution in [0.15, 0.2) is 103 Å². The Morgan fingerprint density at radius 3 is 2.25 bits per heavy atom.